The van der Waals surface area contributed by atoms with Gasteiger partial charge in [0.1, 0.15) is 23.4 Å². The van der Waals surface area contributed by atoms with Gasteiger partial charge in [0, 0.05) is 30.9 Å². The average molecular weight is 620 g/mol. The minimum Gasteiger partial charge on any atom is -0.448 e. The number of ether oxygens (including phenoxy) is 4. The Morgan fingerprint density at radius 1 is 1.02 bits per heavy atom. The second-order valence-corrected chi connectivity index (χ2v) is 14.1. The SMILES string of the molecule is CCSC1OC(=O)[C@H](C)C(=O)[C@H](C)[C@@H](OC2O[C@H](C)C[C@H](N(C)C)[C@H]2O)[C@@](C)(OC)C[C@@H](C)C(=O)[C@@H](C)[C@@H](O)[C@]1(C)O. The van der Waals surface area contributed by atoms with Crippen molar-refractivity contribution in [2.24, 2.45) is 23.7 Å². The summed E-state index contributed by atoms with van der Waals surface area (Å²) < 4.78 is 24.1. The number of hydrogen-bond donors (Lipinski definition) is 3. The number of rotatable bonds is 6. The average Bonchev–Trinajstić information content (AvgIpc) is 2.93. The van der Waals surface area contributed by atoms with E-state index in [0.29, 0.717) is 12.2 Å². The van der Waals surface area contributed by atoms with E-state index in [2.05, 4.69) is 0 Å². The van der Waals surface area contributed by atoms with Crippen LogP contribution in [0, 0.1) is 23.7 Å². The molecule has 42 heavy (non-hydrogen) atoms. The second kappa shape index (κ2) is 14.8. The van der Waals surface area contributed by atoms with Crippen molar-refractivity contribution in [1.29, 1.82) is 0 Å². The topological polar surface area (TPSA) is 152 Å². The summed E-state index contributed by atoms with van der Waals surface area (Å²) in [6, 6.07) is -0.269. The van der Waals surface area contributed by atoms with Crippen LogP contribution in [0.2, 0.25) is 0 Å². The number of hydrogen-bond acceptors (Lipinski definition) is 12. The van der Waals surface area contributed by atoms with E-state index >= 15 is 0 Å². The molecule has 2 fully saturated rings. The number of likely N-dealkylation sites (N-methyl/N-ethyl adjacent to an activating group) is 1. The lowest BCUT2D eigenvalue weighted by Gasteiger charge is -2.47. The molecule has 2 aliphatic rings. The van der Waals surface area contributed by atoms with Crippen molar-refractivity contribution < 1.29 is 48.7 Å². The molecule has 12 heteroatoms. The minimum absolute atomic E-state index is 0.0886. The zero-order valence-electron chi connectivity index (χ0n) is 27.0. The highest BCUT2D eigenvalue weighted by molar-refractivity contribution is 7.99. The van der Waals surface area contributed by atoms with Gasteiger partial charge in [-0.25, -0.2) is 0 Å². The largest absolute Gasteiger partial charge is 0.448 e. The van der Waals surface area contributed by atoms with Gasteiger partial charge in [0.15, 0.2) is 17.5 Å². The number of ketones is 2. The fourth-order valence-electron chi connectivity index (χ4n) is 6.20. The Morgan fingerprint density at radius 2 is 1.62 bits per heavy atom. The highest BCUT2D eigenvalue weighted by Crippen LogP contribution is 2.39. The summed E-state index contributed by atoms with van der Waals surface area (Å²) in [6.07, 6.45) is -4.34. The zero-order chi connectivity index (χ0) is 32.3. The maximum absolute atomic E-state index is 13.9. The monoisotopic (exact) mass is 619 g/mol. The Kier molecular flexibility index (Phi) is 13.0. The summed E-state index contributed by atoms with van der Waals surface area (Å²) in [5.41, 5.74) is -4.47. The summed E-state index contributed by atoms with van der Waals surface area (Å²) in [6.45, 7) is 13.0. The first-order chi connectivity index (χ1) is 19.3. The lowest BCUT2D eigenvalue weighted by Crippen LogP contribution is -2.59. The number of nitrogens with zero attached hydrogens (tertiary/aromatic N) is 1. The van der Waals surface area contributed by atoms with Crippen LogP contribution in [0.15, 0.2) is 0 Å². The van der Waals surface area contributed by atoms with Crippen molar-refractivity contribution in [2.45, 2.75) is 122 Å². The van der Waals surface area contributed by atoms with E-state index in [9.17, 15) is 29.7 Å². The van der Waals surface area contributed by atoms with Gasteiger partial charge in [-0.1, -0.05) is 27.7 Å². The lowest BCUT2D eigenvalue weighted by atomic mass is 9.75. The summed E-state index contributed by atoms with van der Waals surface area (Å²) in [5, 5.41) is 33.7. The number of carbonyl (C=O) groups excluding carboxylic acids is 3. The van der Waals surface area contributed by atoms with Crippen LogP contribution in [0.1, 0.15) is 68.2 Å². The Balaban J connectivity index is 2.62. The van der Waals surface area contributed by atoms with Crippen LogP contribution in [0.5, 0.6) is 0 Å². The molecule has 2 heterocycles. The van der Waals surface area contributed by atoms with Gasteiger partial charge >= 0.3 is 5.97 Å². The Bertz CT molecular complexity index is 947. The molecule has 13 atom stereocenters. The number of cyclic esters (lactones) is 1. The Morgan fingerprint density at radius 3 is 2.14 bits per heavy atom. The van der Waals surface area contributed by atoms with Gasteiger partial charge in [-0.05, 0) is 60.4 Å². The van der Waals surface area contributed by atoms with Crippen molar-refractivity contribution >= 4 is 29.3 Å². The van der Waals surface area contributed by atoms with Crippen molar-refractivity contribution in [2.75, 3.05) is 27.0 Å². The number of Topliss-reactive ketones (excluding diaryl/α,β-unsaturated/α-hetero) is 2. The molecular formula is C30H53NO10S. The molecule has 3 N–H and O–H groups in total. The first-order valence-corrected chi connectivity index (χ1v) is 15.9. The highest BCUT2D eigenvalue weighted by atomic mass is 32.2. The molecule has 0 aromatic rings. The van der Waals surface area contributed by atoms with E-state index in [1.54, 1.807) is 27.7 Å². The predicted molar refractivity (Wildman–Crippen MR) is 159 cm³/mol. The van der Waals surface area contributed by atoms with Gasteiger partial charge in [0.25, 0.3) is 0 Å². The van der Waals surface area contributed by atoms with Crippen LogP contribution in [-0.2, 0) is 33.3 Å². The van der Waals surface area contributed by atoms with Crippen molar-refractivity contribution in [3.63, 3.8) is 0 Å². The summed E-state index contributed by atoms with van der Waals surface area (Å²) >= 11 is 1.10. The number of carbonyl (C=O) groups is 3. The molecule has 2 unspecified atom stereocenters. The predicted octanol–water partition coefficient (Wildman–Crippen LogP) is 2.02. The van der Waals surface area contributed by atoms with E-state index in [1.807, 2.05) is 25.9 Å². The van der Waals surface area contributed by atoms with Gasteiger partial charge < -0.3 is 39.2 Å². The fourth-order valence-corrected chi connectivity index (χ4v) is 7.15. The first kappa shape index (κ1) is 37.1. The number of aliphatic hydroxyl groups is 3. The Hall–Kier alpha value is -1.12. The molecule has 244 valence electrons. The van der Waals surface area contributed by atoms with E-state index in [0.717, 1.165) is 11.8 Å². The number of thioether (sulfide) groups is 1. The molecule has 0 amide bonds. The van der Waals surface area contributed by atoms with E-state index in [1.165, 1.54) is 27.9 Å². The molecule has 2 saturated heterocycles. The molecule has 0 aromatic heterocycles. The van der Waals surface area contributed by atoms with Crippen molar-refractivity contribution in [1.82, 2.24) is 4.90 Å². The first-order valence-electron chi connectivity index (χ1n) is 14.8. The molecule has 2 rings (SSSR count). The van der Waals surface area contributed by atoms with Crippen LogP contribution < -0.4 is 0 Å². The maximum atomic E-state index is 13.9. The second-order valence-electron chi connectivity index (χ2n) is 12.7. The summed E-state index contributed by atoms with van der Waals surface area (Å²) in [4.78, 5) is 42.7. The number of esters is 1. The standard InChI is InChI=1S/C30H53NO10S/c1-12-42-28-30(8,37)24(35)17(4)21(32)15(2)14-29(7,38-11)25(18(5)22(33)19(6)26(36)41-28)40-27-23(34)20(31(9)10)13-16(3)39-27/h15-20,23-25,27-28,34-35,37H,12-14H2,1-11H3/t15-,16-,17-,18+,19-,20+,23-,24-,25-,27?,28?,29+,30+/m1/s1. The van der Waals surface area contributed by atoms with Gasteiger partial charge in [-0.3, -0.25) is 14.4 Å². The minimum atomic E-state index is -1.98. The van der Waals surface area contributed by atoms with E-state index in [4.69, 9.17) is 18.9 Å². The molecule has 2 aliphatic heterocycles. The Labute approximate surface area is 255 Å². The van der Waals surface area contributed by atoms with Gasteiger partial charge in [0.2, 0.25) is 0 Å². The quantitative estimate of drug-likeness (QED) is 0.295. The van der Waals surface area contributed by atoms with Crippen LogP contribution >= 0.6 is 11.8 Å². The van der Waals surface area contributed by atoms with Gasteiger partial charge in [-0.2, -0.15) is 0 Å². The summed E-state index contributed by atoms with van der Waals surface area (Å²) in [5.74, 6) is -5.16. The smallest absolute Gasteiger partial charge is 0.317 e. The molecule has 11 nitrogen and oxygen atoms in total. The molecule has 0 spiro atoms. The highest BCUT2D eigenvalue weighted by Gasteiger charge is 2.52. The van der Waals surface area contributed by atoms with Gasteiger partial charge in [-0.15, -0.1) is 11.8 Å². The molecule has 0 bridgehead atoms. The number of methoxy groups -OCH3 is 1. The van der Waals surface area contributed by atoms with E-state index < -0.39 is 76.7 Å². The van der Waals surface area contributed by atoms with Crippen molar-refractivity contribution in [3.05, 3.63) is 0 Å². The van der Waals surface area contributed by atoms with Crippen LogP contribution in [0.4, 0.5) is 0 Å². The molecule has 0 aliphatic carbocycles. The molecular weight excluding hydrogens is 566 g/mol. The number of aliphatic hydroxyl groups excluding tert-OH is 2. The summed E-state index contributed by atoms with van der Waals surface area (Å²) in [7, 11) is 5.16. The van der Waals surface area contributed by atoms with Crippen LogP contribution in [-0.4, -0.2) is 118 Å². The molecule has 0 radical (unpaired) electrons. The van der Waals surface area contributed by atoms with E-state index in [-0.39, 0.29) is 24.3 Å². The van der Waals surface area contributed by atoms with Gasteiger partial charge in [0.05, 0.1) is 23.9 Å². The molecule has 0 saturated carbocycles. The molecule has 0 aromatic carbocycles. The van der Waals surface area contributed by atoms with Crippen molar-refractivity contribution in [3.8, 4) is 0 Å². The third-order valence-corrected chi connectivity index (χ3v) is 10.3. The maximum Gasteiger partial charge on any atom is 0.317 e. The third-order valence-electron chi connectivity index (χ3n) is 9.05. The normalized spacial score (nSPS) is 45.0. The lowest BCUT2D eigenvalue weighted by molar-refractivity contribution is -0.295. The third kappa shape index (κ3) is 7.93. The fraction of sp³-hybridized carbons (Fsp3) is 0.900. The van der Waals surface area contributed by atoms with Crippen LogP contribution in [0.25, 0.3) is 0 Å². The zero-order valence-corrected chi connectivity index (χ0v) is 27.8. The van der Waals surface area contributed by atoms with Crippen LogP contribution in [0.3, 0.4) is 0 Å².